The molecule has 132 valence electrons. The van der Waals surface area contributed by atoms with Crippen LogP contribution in [0.3, 0.4) is 0 Å². The monoisotopic (exact) mass is 350 g/mol. The van der Waals surface area contributed by atoms with Crippen LogP contribution in [0.4, 0.5) is 11.4 Å². The van der Waals surface area contributed by atoms with E-state index in [1.807, 2.05) is 24.3 Å². The molecule has 7 nitrogen and oxygen atoms in total. The van der Waals surface area contributed by atoms with E-state index in [-0.39, 0.29) is 0 Å². The van der Waals surface area contributed by atoms with Gasteiger partial charge in [-0.2, -0.15) is 0 Å². The van der Waals surface area contributed by atoms with E-state index in [1.165, 1.54) is 0 Å². The molecule has 1 aliphatic rings. The first-order chi connectivity index (χ1) is 12.7. The Morgan fingerprint density at radius 3 is 2.50 bits per heavy atom. The molecule has 1 saturated heterocycles. The Labute approximate surface area is 150 Å². The van der Waals surface area contributed by atoms with Crippen molar-refractivity contribution in [3.8, 4) is 11.1 Å². The molecule has 0 saturated carbocycles. The Morgan fingerprint density at radius 1 is 1.04 bits per heavy atom. The number of nitrogens with zero attached hydrogens (tertiary/aromatic N) is 3. The Hall–Kier alpha value is -3.06. The second-order valence-electron chi connectivity index (χ2n) is 6.10. The van der Waals surface area contributed by atoms with Crippen LogP contribution in [-0.4, -0.2) is 36.3 Å². The summed E-state index contributed by atoms with van der Waals surface area (Å²) >= 11 is 0. The molecule has 7 heteroatoms. The first kappa shape index (κ1) is 16.4. The third-order valence-corrected chi connectivity index (χ3v) is 4.51. The van der Waals surface area contributed by atoms with E-state index in [1.54, 1.807) is 18.6 Å². The van der Waals surface area contributed by atoms with Crippen molar-refractivity contribution >= 4 is 11.4 Å². The molecule has 0 spiro atoms. The minimum atomic E-state index is -0.485. The smallest absolute Gasteiger partial charge is 0.250 e. The molecule has 26 heavy (non-hydrogen) atoms. The van der Waals surface area contributed by atoms with E-state index in [2.05, 4.69) is 20.2 Å². The number of nitrogens with one attached hydrogen (secondary N) is 1. The van der Waals surface area contributed by atoms with Crippen LogP contribution in [0.2, 0.25) is 0 Å². The van der Waals surface area contributed by atoms with Crippen molar-refractivity contribution in [2.45, 2.75) is 6.54 Å². The summed E-state index contributed by atoms with van der Waals surface area (Å²) in [5.41, 5.74) is 2.38. The quantitative estimate of drug-likeness (QED) is 0.692. The summed E-state index contributed by atoms with van der Waals surface area (Å²) in [5.74, 6) is 0. The van der Waals surface area contributed by atoms with Gasteiger partial charge in [-0.15, -0.1) is 0 Å². The maximum Gasteiger partial charge on any atom is 0.250 e. The van der Waals surface area contributed by atoms with Gasteiger partial charge in [-0.25, -0.2) is 0 Å². The van der Waals surface area contributed by atoms with Crippen LogP contribution in [0.15, 0.2) is 52.4 Å². The summed E-state index contributed by atoms with van der Waals surface area (Å²) < 4.78 is 5.36. The lowest BCUT2D eigenvalue weighted by Crippen LogP contribution is -2.36. The van der Waals surface area contributed by atoms with E-state index in [4.69, 9.17) is 4.74 Å². The van der Waals surface area contributed by atoms with Crippen molar-refractivity contribution in [3.05, 3.63) is 69.0 Å². The Bertz CT molecular complexity index is 957. The van der Waals surface area contributed by atoms with Crippen LogP contribution in [-0.2, 0) is 11.3 Å². The SMILES string of the molecule is O=c1c(NCc2cnccn2)c(-c2ccc(N3CCOCC3)cc2)c1=O. The van der Waals surface area contributed by atoms with Gasteiger partial charge in [-0.1, -0.05) is 12.1 Å². The van der Waals surface area contributed by atoms with Crippen molar-refractivity contribution in [1.29, 1.82) is 0 Å². The van der Waals surface area contributed by atoms with Crippen LogP contribution < -0.4 is 21.1 Å². The number of aromatic nitrogens is 2. The summed E-state index contributed by atoms with van der Waals surface area (Å²) in [7, 11) is 0. The number of rotatable bonds is 5. The normalized spacial score (nSPS) is 14.5. The third kappa shape index (κ3) is 3.09. The molecule has 4 rings (SSSR count). The van der Waals surface area contributed by atoms with E-state index in [0.29, 0.717) is 23.5 Å². The lowest BCUT2D eigenvalue weighted by atomic mass is 9.98. The summed E-state index contributed by atoms with van der Waals surface area (Å²) in [6, 6.07) is 7.72. The summed E-state index contributed by atoms with van der Waals surface area (Å²) in [6.45, 7) is 3.49. The molecule has 1 N–H and O–H groups in total. The molecule has 0 radical (unpaired) electrons. The van der Waals surface area contributed by atoms with Crippen LogP contribution in [0.25, 0.3) is 11.1 Å². The number of hydrogen-bond acceptors (Lipinski definition) is 7. The highest BCUT2D eigenvalue weighted by molar-refractivity contribution is 5.82. The number of morpholine rings is 1. The highest BCUT2D eigenvalue weighted by atomic mass is 16.5. The van der Waals surface area contributed by atoms with Crippen molar-refractivity contribution in [2.75, 3.05) is 36.5 Å². The van der Waals surface area contributed by atoms with E-state index in [0.717, 1.165) is 37.6 Å². The van der Waals surface area contributed by atoms with Gasteiger partial charge >= 0.3 is 0 Å². The zero-order valence-electron chi connectivity index (χ0n) is 14.1. The van der Waals surface area contributed by atoms with Crippen molar-refractivity contribution in [3.63, 3.8) is 0 Å². The van der Waals surface area contributed by atoms with Crippen LogP contribution in [0, 0.1) is 0 Å². The van der Waals surface area contributed by atoms with Gasteiger partial charge < -0.3 is 15.0 Å². The first-order valence-electron chi connectivity index (χ1n) is 8.49. The van der Waals surface area contributed by atoms with Gasteiger partial charge in [0.15, 0.2) is 0 Å². The molecule has 0 amide bonds. The second-order valence-corrected chi connectivity index (χ2v) is 6.10. The molecule has 0 aliphatic carbocycles. The summed E-state index contributed by atoms with van der Waals surface area (Å²) in [6.07, 6.45) is 4.79. The molecule has 0 unspecified atom stereocenters. The van der Waals surface area contributed by atoms with Gasteiger partial charge in [0.05, 0.1) is 42.9 Å². The molecule has 2 heterocycles. The third-order valence-electron chi connectivity index (χ3n) is 4.51. The Kier molecular flexibility index (Phi) is 4.45. The summed E-state index contributed by atoms with van der Waals surface area (Å²) in [4.78, 5) is 34.4. The van der Waals surface area contributed by atoms with E-state index in [9.17, 15) is 9.59 Å². The van der Waals surface area contributed by atoms with Gasteiger partial charge in [0.25, 0.3) is 0 Å². The topological polar surface area (TPSA) is 84.4 Å². The van der Waals surface area contributed by atoms with Crippen molar-refractivity contribution < 1.29 is 4.74 Å². The van der Waals surface area contributed by atoms with Gasteiger partial charge in [0.2, 0.25) is 10.9 Å². The Morgan fingerprint density at radius 2 is 1.81 bits per heavy atom. The largest absolute Gasteiger partial charge is 0.378 e. The number of benzene rings is 1. The van der Waals surface area contributed by atoms with Gasteiger partial charge in [-0.05, 0) is 17.7 Å². The predicted molar refractivity (Wildman–Crippen MR) is 99.2 cm³/mol. The zero-order valence-corrected chi connectivity index (χ0v) is 14.1. The molecule has 3 aromatic rings. The minimum absolute atomic E-state index is 0.345. The number of anilines is 2. The lowest BCUT2D eigenvalue weighted by Gasteiger charge is -2.29. The predicted octanol–water partition coefficient (Wildman–Crippen LogP) is 1.19. The molecular weight excluding hydrogens is 332 g/mol. The fourth-order valence-corrected chi connectivity index (χ4v) is 3.10. The molecule has 1 aromatic heterocycles. The van der Waals surface area contributed by atoms with Gasteiger partial charge in [0, 0.05) is 31.2 Å². The highest BCUT2D eigenvalue weighted by Gasteiger charge is 2.22. The van der Waals surface area contributed by atoms with Crippen LogP contribution in [0.1, 0.15) is 5.69 Å². The first-order valence-corrected chi connectivity index (χ1v) is 8.49. The van der Waals surface area contributed by atoms with Crippen LogP contribution >= 0.6 is 0 Å². The van der Waals surface area contributed by atoms with Gasteiger partial charge in [0.1, 0.15) is 0 Å². The summed E-state index contributed by atoms with van der Waals surface area (Å²) in [5, 5.41) is 3.02. The van der Waals surface area contributed by atoms with Crippen LogP contribution in [0.5, 0.6) is 0 Å². The maximum atomic E-state index is 12.1. The average molecular weight is 350 g/mol. The number of ether oxygens (including phenoxy) is 1. The van der Waals surface area contributed by atoms with E-state index < -0.39 is 10.9 Å². The highest BCUT2D eigenvalue weighted by Crippen LogP contribution is 2.26. The average Bonchev–Trinajstić information content (AvgIpc) is 2.72. The van der Waals surface area contributed by atoms with Crippen molar-refractivity contribution in [1.82, 2.24) is 9.97 Å². The Balaban J connectivity index is 1.53. The molecular formula is C19H18N4O3. The molecule has 0 bridgehead atoms. The van der Waals surface area contributed by atoms with Gasteiger partial charge in [-0.3, -0.25) is 19.6 Å². The molecule has 1 aliphatic heterocycles. The van der Waals surface area contributed by atoms with E-state index >= 15 is 0 Å². The maximum absolute atomic E-state index is 12.1. The molecule has 0 atom stereocenters. The lowest BCUT2D eigenvalue weighted by molar-refractivity contribution is 0.122. The van der Waals surface area contributed by atoms with Crippen molar-refractivity contribution in [2.24, 2.45) is 0 Å². The fourth-order valence-electron chi connectivity index (χ4n) is 3.10. The zero-order chi connectivity index (χ0) is 17.9. The number of hydrogen-bond donors (Lipinski definition) is 1. The molecule has 1 fully saturated rings. The standard InChI is InChI=1S/C19H18N4O3/c24-18-16(17(19(18)25)22-12-14-11-20-5-6-21-14)13-1-3-15(4-2-13)23-7-9-26-10-8-23/h1-6,11,22H,7-10,12H2. The molecule has 2 aromatic carbocycles. The minimum Gasteiger partial charge on any atom is -0.378 e. The second kappa shape index (κ2) is 7.05. The fraction of sp³-hybridized carbons (Fsp3) is 0.263.